The molecule has 2 aromatic carbocycles. The van der Waals surface area contributed by atoms with Crippen LogP contribution in [0.2, 0.25) is 0 Å². The Kier molecular flexibility index (Phi) is 4.42. The summed E-state index contributed by atoms with van der Waals surface area (Å²) >= 11 is 0. The van der Waals surface area contributed by atoms with Gasteiger partial charge in [-0.25, -0.2) is 9.59 Å². The van der Waals surface area contributed by atoms with E-state index < -0.39 is 11.9 Å². The predicted octanol–water partition coefficient (Wildman–Crippen LogP) is 4.51. The van der Waals surface area contributed by atoms with Crippen molar-refractivity contribution < 1.29 is 19.1 Å². The van der Waals surface area contributed by atoms with Gasteiger partial charge in [0.05, 0.1) is 0 Å². The van der Waals surface area contributed by atoms with Crippen molar-refractivity contribution in [3.63, 3.8) is 0 Å². The molecule has 2 aliphatic carbocycles. The van der Waals surface area contributed by atoms with E-state index in [9.17, 15) is 9.59 Å². The molecule has 2 aliphatic rings. The first-order valence-electron chi connectivity index (χ1n) is 9.41. The SMILES string of the molecule is C=C(C)C(=O)Oc1cc2c3c(c1)CCc1cc(OC(=O)C(=C)C)cc(c1-3)CC2. The molecule has 0 unspecified atom stereocenters. The van der Waals surface area contributed by atoms with E-state index in [1.165, 1.54) is 33.4 Å². The molecule has 2 aromatic rings. The molecule has 0 atom stereocenters. The second-order valence-corrected chi connectivity index (χ2v) is 7.57. The van der Waals surface area contributed by atoms with Crippen molar-refractivity contribution in [2.24, 2.45) is 0 Å². The first-order valence-corrected chi connectivity index (χ1v) is 9.41. The molecule has 28 heavy (non-hydrogen) atoms. The monoisotopic (exact) mass is 374 g/mol. The van der Waals surface area contributed by atoms with Crippen molar-refractivity contribution in [2.45, 2.75) is 39.5 Å². The maximum atomic E-state index is 11.9. The molecule has 0 heterocycles. The minimum atomic E-state index is -0.399. The van der Waals surface area contributed by atoms with E-state index in [1.54, 1.807) is 13.8 Å². The van der Waals surface area contributed by atoms with Crippen LogP contribution in [0.3, 0.4) is 0 Å². The first kappa shape index (κ1) is 18.2. The maximum absolute atomic E-state index is 11.9. The van der Waals surface area contributed by atoms with Gasteiger partial charge in [-0.15, -0.1) is 0 Å². The van der Waals surface area contributed by atoms with Gasteiger partial charge >= 0.3 is 11.9 Å². The summed E-state index contributed by atoms with van der Waals surface area (Å²) in [6.07, 6.45) is 3.41. The smallest absolute Gasteiger partial charge is 0.338 e. The molecule has 0 bridgehead atoms. The minimum absolute atomic E-state index is 0.385. The summed E-state index contributed by atoms with van der Waals surface area (Å²) in [7, 11) is 0. The third-order valence-electron chi connectivity index (χ3n) is 5.25. The first-order chi connectivity index (χ1) is 13.3. The van der Waals surface area contributed by atoms with E-state index in [2.05, 4.69) is 13.2 Å². The quantitative estimate of drug-likeness (QED) is 0.449. The average molecular weight is 374 g/mol. The van der Waals surface area contributed by atoms with E-state index in [4.69, 9.17) is 9.47 Å². The summed E-state index contributed by atoms with van der Waals surface area (Å²) in [5, 5.41) is 0. The third-order valence-corrected chi connectivity index (χ3v) is 5.25. The zero-order chi connectivity index (χ0) is 20.0. The Morgan fingerprint density at radius 1 is 0.679 bits per heavy atom. The summed E-state index contributed by atoms with van der Waals surface area (Å²) in [6, 6.07) is 7.86. The van der Waals surface area contributed by atoms with Crippen LogP contribution in [0, 0.1) is 0 Å². The Labute approximate surface area is 164 Å². The van der Waals surface area contributed by atoms with Crippen LogP contribution >= 0.6 is 0 Å². The van der Waals surface area contributed by atoms with Gasteiger partial charge in [0, 0.05) is 11.1 Å². The highest BCUT2D eigenvalue weighted by atomic mass is 16.5. The summed E-state index contributed by atoms with van der Waals surface area (Å²) < 4.78 is 10.9. The number of aryl methyl sites for hydroxylation is 4. The van der Waals surface area contributed by atoms with Crippen LogP contribution in [0.5, 0.6) is 11.5 Å². The summed E-state index contributed by atoms with van der Waals surface area (Å²) in [4.78, 5) is 23.8. The number of rotatable bonds is 4. The van der Waals surface area contributed by atoms with Gasteiger partial charge in [-0.1, -0.05) is 13.2 Å². The standard InChI is InChI=1S/C24H22O4/c1-13(2)23(25)27-19-9-15-5-7-17-11-20(28-24(26)14(3)4)12-18-8-6-16(10-19)21(15)22(17)18/h9-12H,1,3,5-8H2,2,4H3. The molecule has 4 heteroatoms. The number of carbonyl (C=O) groups excluding carboxylic acids is 2. The van der Waals surface area contributed by atoms with Crippen LogP contribution in [0.1, 0.15) is 36.1 Å². The van der Waals surface area contributed by atoms with Crippen LogP contribution in [0.15, 0.2) is 48.6 Å². The van der Waals surface area contributed by atoms with Gasteiger partial charge in [0.1, 0.15) is 11.5 Å². The highest BCUT2D eigenvalue weighted by Gasteiger charge is 2.28. The summed E-state index contributed by atoms with van der Waals surface area (Å²) in [6.45, 7) is 10.6. The van der Waals surface area contributed by atoms with Crippen molar-refractivity contribution in [3.05, 3.63) is 70.8 Å². The molecule has 0 saturated carbocycles. The van der Waals surface area contributed by atoms with Crippen molar-refractivity contribution in [1.82, 2.24) is 0 Å². The molecule has 0 amide bonds. The van der Waals surface area contributed by atoms with Crippen molar-refractivity contribution in [1.29, 1.82) is 0 Å². The molecule has 0 spiro atoms. The molecule has 4 rings (SSSR count). The minimum Gasteiger partial charge on any atom is -0.423 e. The summed E-state index contributed by atoms with van der Waals surface area (Å²) in [5.74, 6) is 0.369. The highest BCUT2D eigenvalue weighted by Crippen LogP contribution is 2.45. The normalized spacial score (nSPS) is 13.4. The Balaban J connectivity index is 1.74. The lowest BCUT2D eigenvalue weighted by molar-refractivity contribution is -0.130. The molecule has 0 aliphatic heterocycles. The van der Waals surface area contributed by atoms with Gasteiger partial charge < -0.3 is 9.47 Å². The van der Waals surface area contributed by atoms with Crippen LogP contribution in [0.25, 0.3) is 11.1 Å². The van der Waals surface area contributed by atoms with Crippen LogP contribution < -0.4 is 9.47 Å². The predicted molar refractivity (Wildman–Crippen MR) is 108 cm³/mol. The zero-order valence-corrected chi connectivity index (χ0v) is 16.2. The van der Waals surface area contributed by atoms with Gasteiger partial charge in [0.15, 0.2) is 0 Å². The molecular weight excluding hydrogens is 352 g/mol. The topological polar surface area (TPSA) is 52.6 Å². The van der Waals surface area contributed by atoms with Crippen LogP contribution in [-0.2, 0) is 35.3 Å². The lowest BCUT2D eigenvalue weighted by Crippen LogP contribution is -2.16. The van der Waals surface area contributed by atoms with E-state index in [-0.39, 0.29) is 0 Å². The van der Waals surface area contributed by atoms with E-state index in [0.29, 0.717) is 22.6 Å². The molecular formula is C24H22O4. The number of benzene rings is 2. The van der Waals surface area contributed by atoms with Crippen LogP contribution in [0.4, 0.5) is 0 Å². The third kappa shape index (κ3) is 3.15. The molecule has 0 radical (unpaired) electrons. The maximum Gasteiger partial charge on any atom is 0.338 e. The lowest BCUT2D eigenvalue weighted by atomic mass is 9.75. The average Bonchev–Trinajstić information content (AvgIpc) is 2.65. The number of carbonyl (C=O) groups is 2. The molecule has 0 aromatic heterocycles. The largest absolute Gasteiger partial charge is 0.423 e. The molecule has 0 saturated heterocycles. The fourth-order valence-corrected chi connectivity index (χ4v) is 3.95. The van der Waals surface area contributed by atoms with Crippen molar-refractivity contribution in [2.75, 3.05) is 0 Å². The Bertz CT molecular complexity index is 923. The van der Waals surface area contributed by atoms with E-state index >= 15 is 0 Å². The Morgan fingerprint density at radius 3 is 1.21 bits per heavy atom. The van der Waals surface area contributed by atoms with Crippen molar-refractivity contribution in [3.8, 4) is 22.6 Å². The molecule has 0 N–H and O–H groups in total. The van der Waals surface area contributed by atoms with E-state index in [1.807, 2.05) is 24.3 Å². The summed E-state index contributed by atoms with van der Waals surface area (Å²) in [5.41, 5.74) is 8.05. The second kappa shape index (κ2) is 6.79. The molecule has 0 fully saturated rings. The second-order valence-electron chi connectivity index (χ2n) is 7.57. The molecule has 4 nitrogen and oxygen atoms in total. The number of esters is 2. The number of hydrogen-bond donors (Lipinski definition) is 0. The van der Waals surface area contributed by atoms with Gasteiger partial charge in [0.25, 0.3) is 0 Å². The number of hydrogen-bond acceptors (Lipinski definition) is 4. The van der Waals surface area contributed by atoms with Crippen LogP contribution in [-0.4, -0.2) is 11.9 Å². The van der Waals surface area contributed by atoms with E-state index in [0.717, 1.165) is 25.7 Å². The zero-order valence-electron chi connectivity index (χ0n) is 16.2. The molecule has 142 valence electrons. The Morgan fingerprint density at radius 2 is 0.964 bits per heavy atom. The lowest BCUT2D eigenvalue weighted by Gasteiger charge is -2.30. The van der Waals surface area contributed by atoms with Gasteiger partial charge in [0.2, 0.25) is 0 Å². The number of ether oxygens (including phenoxy) is 2. The Hall–Kier alpha value is -3.14. The van der Waals surface area contributed by atoms with Gasteiger partial charge in [-0.3, -0.25) is 0 Å². The van der Waals surface area contributed by atoms with Gasteiger partial charge in [-0.05, 0) is 97.2 Å². The van der Waals surface area contributed by atoms with Crippen molar-refractivity contribution >= 4 is 11.9 Å². The van der Waals surface area contributed by atoms with Gasteiger partial charge in [-0.2, -0.15) is 0 Å². The highest BCUT2D eigenvalue weighted by molar-refractivity contribution is 5.90. The fraction of sp³-hybridized carbons (Fsp3) is 0.250. The fourth-order valence-electron chi connectivity index (χ4n) is 3.95.